The van der Waals surface area contributed by atoms with E-state index in [4.69, 9.17) is 4.42 Å². The number of fused-ring (bicyclic) bond motifs is 4. The van der Waals surface area contributed by atoms with Gasteiger partial charge >= 0.3 is 0 Å². The summed E-state index contributed by atoms with van der Waals surface area (Å²) >= 11 is 0. The molecule has 1 aromatic heterocycles. The van der Waals surface area contributed by atoms with Crippen LogP contribution in [0.5, 0.6) is 0 Å². The van der Waals surface area contributed by atoms with E-state index in [9.17, 15) is 0 Å². The third kappa shape index (κ3) is 1.38. The van der Waals surface area contributed by atoms with Crippen molar-refractivity contribution in [1.29, 1.82) is 0 Å². The molecule has 0 atom stereocenters. The molecule has 0 saturated carbocycles. The lowest BCUT2D eigenvalue weighted by Crippen LogP contribution is -1.80. The minimum Gasteiger partial charge on any atom is -0.456 e. The second-order valence-electron chi connectivity index (χ2n) is 5.13. The van der Waals surface area contributed by atoms with E-state index in [1.807, 2.05) is 6.08 Å². The van der Waals surface area contributed by atoms with Crippen molar-refractivity contribution >= 4 is 23.1 Å². The molecule has 0 spiro atoms. The van der Waals surface area contributed by atoms with E-state index in [-0.39, 0.29) is 0 Å². The van der Waals surface area contributed by atoms with Gasteiger partial charge in [-0.3, -0.25) is 0 Å². The van der Waals surface area contributed by atoms with Crippen LogP contribution in [-0.4, -0.2) is 0 Å². The van der Waals surface area contributed by atoms with Crippen molar-refractivity contribution in [2.24, 2.45) is 0 Å². The summed E-state index contributed by atoms with van der Waals surface area (Å²) in [6, 6.07) is 13.0. The fourth-order valence-electron chi connectivity index (χ4n) is 3.12. The molecule has 96 valence electrons. The second kappa shape index (κ2) is 3.97. The summed E-state index contributed by atoms with van der Waals surface area (Å²) in [4.78, 5) is 0. The van der Waals surface area contributed by atoms with Gasteiger partial charge < -0.3 is 4.42 Å². The maximum atomic E-state index is 5.87. The first kappa shape index (κ1) is 11.3. The van der Waals surface area contributed by atoms with Crippen LogP contribution in [0.3, 0.4) is 0 Å². The molecule has 3 aromatic rings. The predicted molar refractivity (Wildman–Crippen MR) is 84.6 cm³/mol. The van der Waals surface area contributed by atoms with Gasteiger partial charge in [0.1, 0.15) is 11.3 Å². The molecule has 0 N–H and O–H groups in total. The van der Waals surface area contributed by atoms with Crippen LogP contribution in [-0.2, 0) is 6.42 Å². The molecule has 4 rings (SSSR count). The highest BCUT2D eigenvalue weighted by Crippen LogP contribution is 2.40. The fraction of sp³-hybridized carbons (Fsp3) is 0.0526. The van der Waals surface area contributed by atoms with Crippen molar-refractivity contribution < 1.29 is 4.42 Å². The van der Waals surface area contributed by atoms with Crippen LogP contribution in [0, 0.1) is 0 Å². The van der Waals surface area contributed by atoms with Crippen LogP contribution in [0.2, 0.25) is 0 Å². The van der Waals surface area contributed by atoms with Gasteiger partial charge in [-0.15, -0.1) is 0 Å². The number of hydrogen-bond donors (Lipinski definition) is 0. The molecule has 1 aliphatic carbocycles. The molecule has 0 saturated heterocycles. The van der Waals surface area contributed by atoms with Crippen LogP contribution in [0.15, 0.2) is 54.0 Å². The monoisotopic (exact) mass is 258 g/mol. The van der Waals surface area contributed by atoms with Crippen LogP contribution >= 0.6 is 0 Å². The third-order valence-electron chi connectivity index (χ3n) is 4.06. The Hall–Kier alpha value is -2.54. The van der Waals surface area contributed by atoms with Gasteiger partial charge in [-0.25, -0.2) is 0 Å². The van der Waals surface area contributed by atoms with Gasteiger partial charge in [-0.1, -0.05) is 43.5 Å². The Morgan fingerprint density at radius 1 is 0.950 bits per heavy atom. The molecule has 1 heteroatoms. The minimum atomic E-state index is 0.798. The molecule has 20 heavy (non-hydrogen) atoms. The van der Waals surface area contributed by atoms with Crippen molar-refractivity contribution in [2.45, 2.75) is 6.42 Å². The Morgan fingerprint density at radius 2 is 1.80 bits per heavy atom. The van der Waals surface area contributed by atoms with E-state index in [0.29, 0.717) is 0 Å². The number of furan rings is 1. The average molecular weight is 258 g/mol. The molecule has 2 aromatic carbocycles. The normalized spacial score (nSPS) is 12.2. The topological polar surface area (TPSA) is 13.1 Å². The Balaban J connectivity index is 2.06. The third-order valence-corrected chi connectivity index (χ3v) is 4.06. The molecular weight excluding hydrogens is 244 g/mol. The first-order chi connectivity index (χ1) is 9.81. The molecular formula is C19H14O. The summed E-state index contributed by atoms with van der Waals surface area (Å²) in [5.41, 5.74) is 7.31. The average Bonchev–Trinajstić information content (AvgIpc) is 3.01. The number of hydrogen-bond acceptors (Lipinski definition) is 1. The molecule has 0 amide bonds. The summed E-state index contributed by atoms with van der Waals surface area (Å²) in [7, 11) is 0. The Labute approximate surface area is 117 Å². The lowest BCUT2D eigenvalue weighted by molar-refractivity contribution is 0.603. The lowest BCUT2D eigenvalue weighted by Gasteiger charge is -2.01. The summed E-state index contributed by atoms with van der Waals surface area (Å²) in [5, 5.41) is 1.12. The molecule has 0 radical (unpaired) electrons. The maximum Gasteiger partial charge on any atom is 0.135 e. The van der Waals surface area contributed by atoms with Crippen molar-refractivity contribution in [3.8, 4) is 11.1 Å². The molecule has 1 aliphatic rings. The summed E-state index contributed by atoms with van der Waals surface area (Å²) in [6.45, 7) is 7.70. The maximum absolute atomic E-state index is 5.87. The van der Waals surface area contributed by atoms with Gasteiger partial charge in [0.15, 0.2) is 0 Å². The van der Waals surface area contributed by atoms with Gasteiger partial charge in [-0.05, 0) is 46.9 Å². The Kier molecular flexibility index (Phi) is 2.25. The van der Waals surface area contributed by atoms with Gasteiger partial charge in [-0.2, -0.15) is 0 Å². The highest BCUT2D eigenvalue weighted by Gasteiger charge is 2.21. The smallest absolute Gasteiger partial charge is 0.135 e. The van der Waals surface area contributed by atoms with E-state index < -0.39 is 0 Å². The standard InChI is InChI=1S/C19H14O/c1-3-14-17-11-16-13(10-19(17)20-18(14)4-2)9-12-7-5-6-8-15(12)16/h3-8,10-11H,1-2,9H2. The predicted octanol–water partition coefficient (Wildman–Crippen LogP) is 5.29. The fourth-order valence-corrected chi connectivity index (χ4v) is 3.12. The minimum absolute atomic E-state index is 0.798. The van der Waals surface area contributed by atoms with E-state index in [0.717, 1.165) is 28.7 Å². The van der Waals surface area contributed by atoms with Crippen LogP contribution < -0.4 is 0 Å². The summed E-state index contributed by atoms with van der Waals surface area (Å²) in [6.07, 6.45) is 4.57. The number of benzene rings is 2. The van der Waals surface area contributed by atoms with Crippen LogP contribution in [0.4, 0.5) is 0 Å². The van der Waals surface area contributed by atoms with Crippen molar-refractivity contribution in [1.82, 2.24) is 0 Å². The highest BCUT2D eigenvalue weighted by molar-refractivity contribution is 5.96. The largest absolute Gasteiger partial charge is 0.456 e. The van der Waals surface area contributed by atoms with E-state index in [1.165, 1.54) is 22.3 Å². The van der Waals surface area contributed by atoms with E-state index in [2.05, 4.69) is 49.6 Å². The zero-order chi connectivity index (χ0) is 13.7. The van der Waals surface area contributed by atoms with Gasteiger partial charge in [0, 0.05) is 10.9 Å². The molecule has 1 nitrogen and oxygen atoms in total. The molecule has 1 heterocycles. The first-order valence-electron chi connectivity index (χ1n) is 6.74. The molecule has 0 unspecified atom stereocenters. The molecule has 0 aliphatic heterocycles. The highest BCUT2D eigenvalue weighted by atomic mass is 16.3. The Morgan fingerprint density at radius 3 is 2.60 bits per heavy atom. The van der Waals surface area contributed by atoms with Crippen molar-refractivity contribution in [2.75, 3.05) is 0 Å². The first-order valence-corrected chi connectivity index (χ1v) is 6.74. The number of rotatable bonds is 2. The molecule has 0 fully saturated rings. The van der Waals surface area contributed by atoms with E-state index in [1.54, 1.807) is 6.08 Å². The zero-order valence-corrected chi connectivity index (χ0v) is 11.1. The van der Waals surface area contributed by atoms with Crippen LogP contribution in [0.25, 0.3) is 34.2 Å². The lowest BCUT2D eigenvalue weighted by atomic mass is 10.0. The summed E-state index contributed by atoms with van der Waals surface area (Å²) < 4.78 is 5.87. The summed E-state index contributed by atoms with van der Waals surface area (Å²) in [5.74, 6) is 0.798. The zero-order valence-electron chi connectivity index (χ0n) is 11.1. The Bertz CT molecular complexity index is 865. The molecule has 0 bridgehead atoms. The van der Waals surface area contributed by atoms with E-state index >= 15 is 0 Å². The van der Waals surface area contributed by atoms with Crippen LogP contribution in [0.1, 0.15) is 22.5 Å². The second-order valence-corrected chi connectivity index (χ2v) is 5.13. The van der Waals surface area contributed by atoms with Crippen molar-refractivity contribution in [3.05, 3.63) is 72.0 Å². The van der Waals surface area contributed by atoms with Gasteiger partial charge in [0.05, 0.1) is 0 Å². The van der Waals surface area contributed by atoms with Crippen molar-refractivity contribution in [3.63, 3.8) is 0 Å². The van der Waals surface area contributed by atoms with Gasteiger partial charge in [0.25, 0.3) is 0 Å². The van der Waals surface area contributed by atoms with Gasteiger partial charge in [0.2, 0.25) is 0 Å². The quantitative estimate of drug-likeness (QED) is 0.476. The SMILES string of the molecule is C=Cc1oc2cc3c(cc2c1C=C)-c1ccccc1C3.